The molecule has 0 aromatic heterocycles. The average Bonchev–Trinajstić information content (AvgIpc) is 2.40. The summed E-state index contributed by atoms with van der Waals surface area (Å²) in [6.07, 6.45) is 0. The Hall–Kier alpha value is -2.29. The average molecular weight is 269 g/mol. The Kier molecular flexibility index (Phi) is 4.41. The van der Waals surface area contributed by atoms with Gasteiger partial charge in [-0.2, -0.15) is 0 Å². The first kappa shape index (κ1) is 14.1. The molecule has 0 bridgehead atoms. The number of carbonyl (C=O) groups excluding carboxylic acids is 1. The van der Waals surface area contributed by atoms with Crippen LogP contribution in [-0.4, -0.2) is 5.97 Å². The standard InChI is InChI=1S/C17H19NO2/c1-12-9-13(2)17(20-14(3)19)15(10-12)11-18-16-7-5-4-6-8-16/h4-10,18H,11H2,1-3H3. The molecule has 0 atom stereocenters. The zero-order chi connectivity index (χ0) is 14.5. The molecule has 0 saturated carbocycles. The summed E-state index contributed by atoms with van der Waals surface area (Å²) in [5.74, 6) is 0.365. The van der Waals surface area contributed by atoms with Crippen LogP contribution in [0.25, 0.3) is 0 Å². The van der Waals surface area contributed by atoms with Crippen molar-refractivity contribution in [3.05, 3.63) is 59.2 Å². The lowest BCUT2D eigenvalue weighted by Crippen LogP contribution is -2.08. The molecule has 20 heavy (non-hydrogen) atoms. The topological polar surface area (TPSA) is 38.3 Å². The summed E-state index contributed by atoms with van der Waals surface area (Å²) >= 11 is 0. The molecule has 3 nitrogen and oxygen atoms in total. The van der Waals surface area contributed by atoms with Crippen molar-refractivity contribution in [3.63, 3.8) is 0 Å². The van der Waals surface area contributed by atoms with E-state index in [1.807, 2.05) is 56.3 Å². The Morgan fingerprint density at radius 3 is 2.50 bits per heavy atom. The Bertz CT molecular complexity index is 606. The number of carbonyl (C=O) groups is 1. The summed E-state index contributed by atoms with van der Waals surface area (Å²) in [5, 5.41) is 3.34. The first-order valence-electron chi connectivity index (χ1n) is 6.63. The van der Waals surface area contributed by atoms with Gasteiger partial charge in [0.25, 0.3) is 0 Å². The van der Waals surface area contributed by atoms with Gasteiger partial charge < -0.3 is 10.1 Å². The van der Waals surface area contributed by atoms with Gasteiger partial charge in [-0.15, -0.1) is 0 Å². The van der Waals surface area contributed by atoms with E-state index in [0.717, 1.165) is 22.4 Å². The Morgan fingerprint density at radius 2 is 1.85 bits per heavy atom. The summed E-state index contributed by atoms with van der Waals surface area (Å²) in [5.41, 5.74) is 4.16. The van der Waals surface area contributed by atoms with E-state index in [1.165, 1.54) is 6.92 Å². The SMILES string of the molecule is CC(=O)Oc1c(C)cc(C)cc1CNc1ccccc1. The molecular formula is C17H19NO2. The highest BCUT2D eigenvalue weighted by molar-refractivity contribution is 5.70. The summed E-state index contributed by atoms with van der Waals surface area (Å²) in [6.45, 7) is 6.04. The number of para-hydroxylation sites is 1. The molecule has 0 amide bonds. The maximum absolute atomic E-state index is 11.2. The lowest BCUT2D eigenvalue weighted by molar-refractivity contribution is -0.131. The Morgan fingerprint density at radius 1 is 1.15 bits per heavy atom. The number of nitrogens with one attached hydrogen (secondary N) is 1. The molecule has 2 aromatic rings. The molecule has 0 aliphatic rings. The second-order valence-electron chi connectivity index (χ2n) is 4.88. The van der Waals surface area contributed by atoms with Gasteiger partial charge in [0.15, 0.2) is 0 Å². The van der Waals surface area contributed by atoms with Crippen LogP contribution in [0, 0.1) is 13.8 Å². The van der Waals surface area contributed by atoms with Gasteiger partial charge in [-0.05, 0) is 31.5 Å². The predicted octanol–water partition coefficient (Wildman–Crippen LogP) is 3.84. The van der Waals surface area contributed by atoms with E-state index < -0.39 is 0 Å². The largest absolute Gasteiger partial charge is 0.426 e. The van der Waals surface area contributed by atoms with Crippen molar-refractivity contribution in [3.8, 4) is 5.75 Å². The number of anilines is 1. The highest BCUT2D eigenvalue weighted by Crippen LogP contribution is 2.26. The van der Waals surface area contributed by atoms with Crippen LogP contribution >= 0.6 is 0 Å². The number of esters is 1. The zero-order valence-electron chi connectivity index (χ0n) is 12.1. The van der Waals surface area contributed by atoms with E-state index in [2.05, 4.69) is 5.32 Å². The summed E-state index contributed by atoms with van der Waals surface area (Å²) < 4.78 is 5.34. The van der Waals surface area contributed by atoms with E-state index in [1.54, 1.807) is 0 Å². The van der Waals surface area contributed by atoms with Crippen LogP contribution in [-0.2, 0) is 11.3 Å². The van der Waals surface area contributed by atoms with Gasteiger partial charge in [-0.1, -0.05) is 35.9 Å². The molecule has 1 N–H and O–H groups in total. The van der Waals surface area contributed by atoms with Gasteiger partial charge >= 0.3 is 5.97 Å². The second-order valence-corrected chi connectivity index (χ2v) is 4.88. The quantitative estimate of drug-likeness (QED) is 0.677. The fourth-order valence-electron chi connectivity index (χ4n) is 2.22. The smallest absolute Gasteiger partial charge is 0.308 e. The Balaban J connectivity index is 2.23. The van der Waals surface area contributed by atoms with E-state index in [-0.39, 0.29) is 5.97 Å². The molecule has 0 fully saturated rings. The predicted molar refractivity (Wildman–Crippen MR) is 81.0 cm³/mol. The number of hydrogen-bond donors (Lipinski definition) is 1. The van der Waals surface area contributed by atoms with Gasteiger partial charge in [0, 0.05) is 24.7 Å². The number of benzene rings is 2. The van der Waals surface area contributed by atoms with Crippen molar-refractivity contribution in [2.24, 2.45) is 0 Å². The number of hydrogen-bond acceptors (Lipinski definition) is 3. The van der Waals surface area contributed by atoms with Gasteiger partial charge in [0.05, 0.1) is 0 Å². The van der Waals surface area contributed by atoms with Gasteiger partial charge in [-0.3, -0.25) is 4.79 Å². The Labute approximate surface area is 119 Å². The maximum Gasteiger partial charge on any atom is 0.308 e. The highest BCUT2D eigenvalue weighted by atomic mass is 16.5. The zero-order valence-corrected chi connectivity index (χ0v) is 12.1. The van der Waals surface area contributed by atoms with Crippen molar-refractivity contribution in [1.82, 2.24) is 0 Å². The van der Waals surface area contributed by atoms with Crippen molar-refractivity contribution in [1.29, 1.82) is 0 Å². The molecule has 0 unspecified atom stereocenters. The number of rotatable bonds is 4. The van der Waals surface area contributed by atoms with Crippen molar-refractivity contribution in [2.75, 3.05) is 5.32 Å². The lowest BCUT2D eigenvalue weighted by Gasteiger charge is -2.14. The third-order valence-corrected chi connectivity index (χ3v) is 3.00. The molecule has 2 aromatic carbocycles. The van der Waals surface area contributed by atoms with E-state index in [9.17, 15) is 4.79 Å². The summed E-state index contributed by atoms with van der Waals surface area (Å²) in [4.78, 5) is 11.2. The molecule has 0 saturated heterocycles. The van der Waals surface area contributed by atoms with Crippen LogP contribution in [0.5, 0.6) is 5.75 Å². The van der Waals surface area contributed by atoms with Crippen molar-refractivity contribution >= 4 is 11.7 Å². The van der Waals surface area contributed by atoms with Crippen molar-refractivity contribution < 1.29 is 9.53 Å². The van der Waals surface area contributed by atoms with Crippen LogP contribution in [0.2, 0.25) is 0 Å². The minimum atomic E-state index is -0.294. The van der Waals surface area contributed by atoms with Crippen LogP contribution < -0.4 is 10.1 Å². The summed E-state index contributed by atoms with van der Waals surface area (Å²) in [7, 11) is 0. The third-order valence-electron chi connectivity index (χ3n) is 3.00. The van der Waals surface area contributed by atoms with E-state index in [0.29, 0.717) is 12.3 Å². The van der Waals surface area contributed by atoms with Gasteiger partial charge in [-0.25, -0.2) is 0 Å². The van der Waals surface area contributed by atoms with Crippen LogP contribution in [0.3, 0.4) is 0 Å². The molecule has 0 radical (unpaired) electrons. The first-order valence-corrected chi connectivity index (χ1v) is 6.63. The highest BCUT2D eigenvalue weighted by Gasteiger charge is 2.10. The van der Waals surface area contributed by atoms with Gasteiger partial charge in [0.2, 0.25) is 0 Å². The minimum Gasteiger partial charge on any atom is -0.426 e. The van der Waals surface area contributed by atoms with Crippen LogP contribution in [0.15, 0.2) is 42.5 Å². The molecule has 104 valence electrons. The molecule has 0 heterocycles. The third kappa shape index (κ3) is 3.60. The van der Waals surface area contributed by atoms with Gasteiger partial charge in [0.1, 0.15) is 5.75 Å². The number of ether oxygens (including phenoxy) is 1. The first-order chi connectivity index (χ1) is 9.56. The van der Waals surface area contributed by atoms with E-state index >= 15 is 0 Å². The van der Waals surface area contributed by atoms with Crippen LogP contribution in [0.1, 0.15) is 23.6 Å². The monoisotopic (exact) mass is 269 g/mol. The normalized spacial score (nSPS) is 10.2. The fraction of sp³-hybridized carbons (Fsp3) is 0.235. The number of aryl methyl sites for hydroxylation is 2. The molecule has 0 aliphatic heterocycles. The van der Waals surface area contributed by atoms with Crippen LogP contribution in [0.4, 0.5) is 5.69 Å². The molecule has 0 aliphatic carbocycles. The lowest BCUT2D eigenvalue weighted by atomic mass is 10.1. The molecule has 3 heteroatoms. The maximum atomic E-state index is 11.2. The van der Waals surface area contributed by atoms with E-state index in [4.69, 9.17) is 4.74 Å². The second kappa shape index (κ2) is 6.24. The molecule has 0 spiro atoms. The molecule has 2 rings (SSSR count). The van der Waals surface area contributed by atoms with Crippen molar-refractivity contribution in [2.45, 2.75) is 27.3 Å². The molecular weight excluding hydrogens is 250 g/mol. The fourth-order valence-corrected chi connectivity index (χ4v) is 2.22. The minimum absolute atomic E-state index is 0.294. The summed E-state index contributed by atoms with van der Waals surface area (Å²) in [6, 6.07) is 14.0.